The van der Waals surface area contributed by atoms with Crippen molar-refractivity contribution in [2.45, 2.75) is 147 Å². The number of hydrogen-bond acceptors (Lipinski definition) is 6. The predicted molar refractivity (Wildman–Crippen MR) is 155 cm³/mol. The van der Waals surface area contributed by atoms with Crippen LogP contribution in [-0.4, -0.2) is 60.3 Å². The lowest BCUT2D eigenvalue weighted by atomic mass is 9.62. The maximum Gasteiger partial charge on any atom is 0.303 e. The van der Waals surface area contributed by atoms with Gasteiger partial charge in [-0.3, -0.25) is 4.79 Å². The fourth-order valence-corrected chi connectivity index (χ4v) is 7.03. The topological polar surface area (TPSA) is 94.5 Å². The minimum absolute atomic E-state index is 0.00688. The van der Waals surface area contributed by atoms with Gasteiger partial charge in [0.25, 0.3) is 0 Å². The molecule has 0 bridgehead atoms. The van der Waals surface area contributed by atoms with Crippen LogP contribution < -0.4 is 0 Å². The standard InChI is InChI=1S/C33H54O7/c1-2-3-19-33(20-12-21-33)29(40-32-16-9-11-23-38-32)18-17-26-25(13-6-4-5-7-14-30(35)36)27(34)24-28(26)39-31-15-8-10-22-37-31/h4,6,17-18,25-29,31-32,34H,2-3,5,7-16,19-24H2,1H3,(H,35,36)/b6-4-,18-17+/t25-,26-,27+,28-,29-,31?,32?/m1/s1. The average Bonchev–Trinajstić information content (AvgIpc) is 3.22. The molecule has 7 atom stereocenters. The zero-order valence-corrected chi connectivity index (χ0v) is 24.7. The van der Waals surface area contributed by atoms with Crippen LogP contribution in [0.3, 0.4) is 0 Å². The predicted octanol–water partition coefficient (Wildman–Crippen LogP) is 6.92. The van der Waals surface area contributed by atoms with Crippen molar-refractivity contribution in [3.05, 3.63) is 24.3 Å². The summed E-state index contributed by atoms with van der Waals surface area (Å²) in [5.74, 6) is -0.653. The minimum atomic E-state index is -0.756. The second-order valence-corrected chi connectivity index (χ2v) is 12.6. The van der Waals surface area contributed by atoms with Crippen LogP contribution in [0.2, 0.25) is 0 Å². The van der Waals surface area contributed by atoms with Crippen molar-refractivity contribution < 1.29 is 34.0 Å². The van der Waals surface area contributed by atoms with Crippen LogP contribution in [0.1, 0.15) is 116 Å². The highest BCUT2D eigenvalue weighted by molar-refractivity contribution is 5.66. The molecule has 0 amide bonds. The molecule has 4 fully saturated rings. The van der Waals surface area contributed by atoms with Crippen molar-refractivity contribution in [3.63, 3.8) is 0 Å². The molecule has 0 spiro atoms. The van der Waals surface area contributed by atoms with E-state index in [9.17, 15) is 9.90 Å². The third kappa shape index (κ3) is 9.12. The molecular formula is C33H54O7. The summed E-state index contributed by atoms with van der Waals surface area (Å²) < 4.78 is 25.2. The van der Waals surface area contributed by atoms with Gasteiger partial charge in [-0.15, -0.1) is 0 Å². The van der Waals surface area contributed by atoms with Crippen molar-refractivity contribution in [1.82, 2.24) is 0 Å². The number of ether oxygens (including phenoxy) is 4. The molecule has 2 aliphatic carbocycles. The Hall–Kier alpha value is -1.25. The number of carboxylic acid groups (broad SMARTS) is 1. The Labute approximate surface area is 241 Å². The molecule has 2 saturated carbocycles. The van der Waals surface area contributed by atoms with Gasteiger partial charge in [0, 0.05) is 37.4 Å². The SMILES string of the molecule is CCCCC1([C@@H](/C=C/[C@@H]2[C@@H](C/C=C\CCCC(=O)O)[C@@H](O)C[C@H]2OC2CCCCO2)OC2CCCCO2)CCC1. The van der Waals surface area contributed by atoms with Crippen LogP contribution in [-0.2, 0) is 23.7 Å². The van der Waals surface area contributed by atoms with E-state index in [0.29, 0.717) is 12.8 Å². The highest BCUT2D eigenvalue weighted by Crippen LogP contribution is 2.50. The maximum absolute atomic E-state index is 11.2. The maximum atomic E-state index is 11.2. The van der Waals surface area contributed by atoms with Gasteiger partial charge in [-0.1, -0.05) is 50.5 Å². The number of aliphatic hydroxyl groups excluding tert-OH is 1. The van der Waals surface area contributed by atoms with Gasteiger partial charge in [-0.2, -0.15) is 0 Å². The normalized spacial score (nSPS) is 33.4. The first kappa shape index (κ1) is 31.7. The van der Waals surface area contributed by atoms with E-state index in [2.05, 4.69) is 31.2 Å². The van der Waals surface area contributed by atoms with Gasteiger partial charge in [0.2, 0.25) is 0 Å². The first-order valence-corrected chi connectivity index (χ1v) is 16.3. The number of rotatable bonds is 16. The fourth-order valence-electron chi connectivity index (χ4n) is 7.03. The lowest BCUT2D eigenvalue weighted by Crippen LogP contribution is -2.44. The minimum Gasteiger partial charge on any atom is -0.481 e. The number of aliphatic hydroxyl groups is 1. The molecule has 0 aromatic carbocycles. The Balaban J connectivity index is 1.50. The first-order chi connectivity index (χ1) is 19.5. The van der Waals surface area contributed by atoms with Crippen molar-refractivity contribution in [2.75, 3.05) is 13.2 Å². The molecule has 7 heteroatoms. The van der Waals surface area contributed by atoms with Crippen molar-refractivity contribution >= 4 is 5.97 Å². The van der Waals surface area contributed by atoms with E-state index in [0.717, 1.165) is 64.6 Å². The molecule has 2 aliphatic heterocycles. The third-order valence-electron chi connectivity index (χ3n) is 9.62. The van der Waals surface area contributed by atoms with E-state index >= 15 is 0 Å². The van der Waals surface area contributed by atoms with Crippen molar-refractivity contribution in [2.24, 2.45) is 17.3 Å². The second-order valence-electron chi connectivity index (χ2n) is 12.6. The molecule has 2 unspecified atom stereocenters. The Morgan fingerprint density at radius 3 is 2.40 bits per heavy atom. The summed E-state index contributed by atoms with van der Waals surface area (Å²) in [7, 11) is 0. The summed E-state index contributed by atoms with van der Waals surface area (Å²) in [6.07, 6.45) is 24.3. The largest absolute Gasteiger partial charge is 0.481 e. The molecule has 40 heavy (non-hydrogen) atoms. The molecule has 2 N–H and O–H groups in total. The highest BCUT2D eigenvalue weighted by atomic mass is 16.7. The molecule has 0 aromatic heterocycles. The summed E-state index contributed by atoms with van der Waals surface area (Å²) in [6, 6.07) is 0. The Morgan fingerprint density at radius 2 is 1.77 bits per heavy atom. The number of aliphatic carboxylic acids is 1. The van der Waals surface area contributed by atoms with Crippen molar-refractivity contribution in [3.8, 4) is 0 Å². The molecule has 2 heterocycles. The molecule has 7 nitrogen and oxygen atoms in total. The van der Waals surface area contributed by atoms with Crippen molar-refractivity contribution in [1.29, 1.82) is 0 Å². The Bertz CT molecular complexity index is 795. The van der Waals surface area contributed by atoms with Gasteiger partial charge >= 0.3 is 5.97 Å². The van der Waals surface area contributed by atoms with Gasteiger partial charge in [-0.05, 0) is 83.0 Å². The van der Waals surface area contributed by atoms with E-state index in [1.165, 1.54) is 38.5 Å². The average molecular weight is 563 g/mol. The quantitative estimate of drug-likeness (QED) is 0.156. The van der Waals surface area contributed by atoms with Gasteiger partial charge < -0.3 is 29.2 Å². The van der Waals surface area contributed by atoms with Gasteiger partial charge in [0.05, 0.1) is 18.3 Å². The van der Waals surface area contributed by atoms with Gasteiger partial charge in [0.1, 0.15) is 0 Å². The summed E-state index contributed by atoms with van der Waals surface area (Å²) in [5.41, 5.74) is 0.174. The van der Waals surface area contributed by atoms with Crippen LogP contribution in [0.15, 0.2) is 24.3 Å². The number of hydrogen-bond donors (Lipinski definition) is 2. The molecule has 2 saturated heterocycles. The first-order valence-electron chi connectivity index (χ1n) is 16.3. The lowest BCUT2D eigenvalue weighted by Gasteiger charge is -2.48. The smallest absolute Gasteiger partial charge is 0.303 e. The molecule has 4 aliphatic rings. The second kappa shape index (κ2) is 16.4. The third-order valence-corrected chi connectivity index (χ3v) is 9.62. The monoisotopic (exact) mass is 562 g/mol. The number of allylic oxidation sites excluding steroid dienone is 2. The van der Waals surface area contributed by atoms with Gasteiger partial charge in [0.15, 0.2) is 12.6 Å². The van der Waals surface area contributed by atoms with E-state index in [1.54, 1.807) is 0 Å². The van der Waals surface area contributed by atoms with Crippen LogP contribution in [0, 0.1) is 17.3 Å². The zero-order valence-electron chi connectivity index (χ0n) is 24.7. The Kier molecular flexibility index (Phi) is 13.0. The van der Waals surface area contributed by atoms with Crippen LogP contribution in [0.25, 0.3) is 0 Å². The number of unbranched alkanes of at least 4 members (excludes halogenated alkanes) is 2. The molecule has 0 radical (unpaired) electrons. The molecule has 228 valence electrons. The molecular weight excluding hydrogens is 508 g/mol. The summed E-state index contributed by atoms with van der Waals surface area (Å²) in [6.45, 7) is 3.77. The fraction of sp³-hybridized carbons (Fsp3) is 0.848. The van der Waals surface area contributed by atoms with Crippen LogP contribution in [0.4, 0.5) is 0 Å². The summed E-state index contributed by atoms with van der Waals surface area (Å²) in [5, 5.41) is 20.1. The highest BCUT2D eigenvalue weighted by Gasteiger charge is 2.46. The van der Waals surface area contributed by atoms with E-state index in [-0.39, 0.29) is 48.5 Å². The van der Waals surface area contributed by atoms with E-state index in [4.69, 9.17) is 24.1 Å². The number of carbonyl (C=O) groups is 1. The lowest BCUT2D eigenvalue weighted by molar-refractivity contribution is -0.211. The van der Waals surface area contributed by atoms with Gasteiger partial charge in [-0.25, -0.2) is 0 Å². The number of carboxylic acids is 1. The van der Waals surface area contributed by atoms with E-state index in [1.807, 2.05) is 0 Å². The summed E-state index contributed by atoms with van der Waals surface area (Å²) in [4.78, 5) is 10.8. The Morgan fingerprint density at radius 1 is 1.02 bits per heavy atom. The molecule has 0 aromatic rings. The molecule has 4 rings (SSSR count). The van der Waals surface area contributed by atoms with Crippen LogP contribution >= 0.6 is 0 Å². The zero-order chi connectivity index (χ0) is 28.2. The summed E-state index contributed by atoms with van der Waals surface area (Å²) >= 11 is 0. The van der Waals surface area contributed by atoms with Crippen LogP contribution in [0.5, 0.6) is 0 Å². The van der Waals surface area contributed by atoms with E-state index < -0.39 is 12.1 Å².